The van der Waals surface area contributed by atoms with E-state index in [2.05, 4.69) is 5.32 Å². The molecular weight excluding hydrogens is 485 g/mol. The van der Waals surface area contributed by atoms with Crippen LogP contribution < -0.4 is 14.4 Å². The molecule has 1 N–H and O–H groups in total. The summed E-state index contributed by atoms with van der Waals surface area (Å²) < 4.78 is 44.5. The molecule has 0 heterocycles. The van der Waals surface area contributed by atoms with Gasteiger partial charge in [0.2, 0.25) is 21.8 Å². The normalized spacial score (nSPS) is 12.0. The number of rotatable bonds is 14. The lowest BCUT2D eigenvalue weighted by Gasteiger charge is -2.29. The number of benzene rings is 2. The number of amides is 2. The first-order valence-electron chi connectivity index (χ1n) is 12.0. The molecule has 0 saturated heterocycles. The predicted octanol–water partition coefficient (Wildman–Crippen LogP) is 3.71. The van der Waals surface area contributed by atoms with Crippen molar-refractivity contribution >= 4 is 27.5 Å². The Balaban J connectivity index is 2.13. The minimum absolute atomic E-state index is 0.0376. The van der Waals surface area contributed by atoms with Crippen LogP contribution in [0.1, 0.15) is 45.1 Å². The number of hydrogen-bond donors (Lipinski definition) is 1. The number of nitrogens with zero attached hydrogens (tertiary/aromatic N) is 2. The monoisotopic (exact) mass is 521 g/mol. The van der Waals surface area contributed by atoms with Gasteiger partial charge in [-0.25, -0.2) is 12.8 Å². The van der Waals surface area contributed by atoms with Gasteiger partial charge in [0.1, 0.15) is 17.6 Å². The molecule has 0 aliphatic carbocycles. The molecule has 0 bridgehead atoms. The van der Waals surface area contributed by atoms with Crippen LogP contribution in [-0.2, 0) is 26.2 Å². The fraction of sp³-hybridized carbons (Fsp3) is 0.462. The van der Waals surface area contributed by atoms with Crippen molar-refractivity contribution in [2.24, 2.45) is 0 Å². The van der Waals surface area contributed by atoms with Crippen LogP contribution in [0.2, 0.25) is 0 Å². The van der Waals surface area contributed by atoms with Gasteiger partial charge in [0.25, 0.3) is 0 Å². The number of sulfonamides is 1. The van der Waals surface area contributed by atoms with Crippen molar-refractivity contribution in [3.63, 3.8) is 0 Å². The molecule has 0 aliphatic rings. The van der Waals surface area contributed by atoms with Gasteiger partial charge in [-0.2, -0.15) is 0 Å². The van der Waals surface area contributed by atoms with Crippen molar-refractivity contribution in [2.75, 3.05) is 30.8 Å². The van der Waals surface area contributed by atoms with E-state index in [0.717, 1.165) is 19.1 Å². The molecule has 1 unspecified atom stereocenters. The SMILES string of the molecule is CCCCNC(=O)C(C)N(Cc1ccc(F)cc1)C(=O)CCCN(c1ccc(OC)cc1)S(C)(=O)=O. The molecule has 0 saturated carbocycles. The molecule has 2 aromatic carbocycles. The Morgan fingerprint density at radius 1 is 1.06 bits per heavy atom. The molecule has 0 aliphatic heterocycles. The zero-order valence-corrected chi connectivity index (χ0v) is 22.2. The van der Waals surface area contributed by atoms with Crippen LogP contribution in [-0.4, -0.2) is 57.6 Å². The molecule has 0 fully saturated rings. The van der Waals surface area contributed by atoms with Crippen LogP contribution in [0.3, 0.4) is 0 Å². The second-order valence-electron chi connectivity index (χ2n) is 8.61. The summed E-state index contributed by atoms with van der Waals surface area (Å²) in [5.41, 5.74) is 1.16. The van der Waals surface area contributed by atoms with Crippen molar-refractivity contribution < 1.29 is 27.1 Å². The quantitative estimate of drug-likeness (QED) is 0.383. The van der Waals surface area contributed by atoms with E-state index < -0.39 is 16.1 Å². The van der Waals surface area contributed by atoms with E-state index in [1.165, 1.54) is 28.4 Å². The maximum absolute atomic E-state index is 13.4. The number of halogens is 1. The van der Waals surface area contributed by atoms with Crippen molar-refractivity contribution in [1.82, 2.24) is 10.2 Å². The van der Waals surface area contributed by atoms with Gasteiger partial charge in [0.15, 0.2) is 0 Å². The minimum atomic E-state index is -3.58. The van der Waals surface area contributed by atoms with Crippen LogP contribution in [0.15, 0.2) is 48.5 Å². The zero-order valence-electron chi connectivity index (χ0n) is 21.4. The summed E-state index contributed by atoms with van der Waals surface area (Å²) in [5.74, 6) is -0.345. The third kappa shape index (κ3) is 8.82. The smallest absolute Gasteiger partial charge is 0.242 e. The highest BCUT2D eigenvalue weighted by atomic mass is 32.2. The minimum Gasteiger partial charge on any atom is -0.497 e. The molecule has 8 nitrogen and oxygen atoms in total. The molecule has 0 spiro atoms. The first-order chi connectivity index (χ1) is 17.1. The topological polar surface area (TPSA) is 96.0 Å². The van der Waals surface area contributed by atoms with E-state index in [4.69, 9.17) is 4.74 Å². The van der Waals surface area contributed by atoms with Gasteiger partial charge >= 0.3 is 0 Å². The Bertz CT molecular complexity index is 1090. The summed E-state index contributed by atoms with van der Waals surface area (Å²) in [6.45, 7) is 4.42. The van der Waals surface area contributed by atoms with E-state index in [1.54, 1.807) is 43.3 Å². The third-order valence-electron chi connectivity index (χ3n) is 5.78. The second-order valence-corrected chi connectivity index (χ2v) is 10.5. The molecule has 36 heavy (non-hydrogen) atoms. The van der Waals surface area contributed by atoms with Crippen molar-refractivity contribution in [3.05, 3.63) is 59.9 Å². The number of nitrogens with one attached hydrogen (secondary N) is 1. The zero-order chi connectivity index (χ0) is 26.7. The third-order valence-corrected chi connectivity index (χ3v) is 6.97. The van der Waals surface area contributed by atoms with Gasteiger partial charge < -0.3 is 15.0 Å². The summed E-state index contributed by atoms with van der Waals surface area (Å²) in [7, 11) is -2.06. The summed E-state index contributed by atoms with van der Waals surface area (Å²) in [5, 5.41) is 2.85. The molecule has 1 atom stereocenters. The average Bonchev–Trinajstić information content (AvgIpc) is 2.85. The Morgan fingerprint density at radius 2 is 1.69 bits per heavy atom. The first-order valence-corrected chi connectivity index (χ1v) is 13.8. The Morgan fingerprint density at radius 3 is 2.25 bits per heavy atom. The highest BCUT2D eigenvalue weighted by Gasteiger charge is 2.26. The van der Waals surface area contributed by atoms with E-state index in [9.17, 15) is 22.4 Å². The number of unbranched alkanes of at least 4 members (excludes halogenated alkanes) is 1. The summed E-state index contributed by atoms with van der Waals surface area (Å²) >= 11 is 0. The van der Waals surface area contributed by atoms with E-state index in [-0.39, 0.29) is 43.6 Å². The second kappa shape index (κ2) is 13.8. The van der Waals surface area contributed by atoms with Crippen molar-refractivity contribution in [1.29, 1.82) is 0 Å². The lowest BCUT2D eigenvalue weighted by atomic mass is 10.1. The van der Waals surface area contributed by atoms with Gasteiger partial charge in [-0.05, 0) is 61.7 Å². The van der Waals surface area contributed by atoms with Gasteiger partial charge in [-0.3, -0.25) is 13.9 Å². The van der Waals surface area contributed by atoms with Crippen LogP contribution in [0, 0.1) is 5.82 Å². The summed E-state index contributed by atoms with van der Waals surface area (Å²) in [6, 6.07) is 11.7. The predicted molar refractivity (Wildman–Crippen MR) is 139 cm³/mol. The highest BCUT2D eigenvalue weighted by molar-refractivity contribution is 7.92. The van der Waals surface area contributed by atoms with Gasteiger partial charge in [0, 0.05) is 26.1 Å². The summed E-state index contributed by atoms with van der Waals surface area (Å²) in [4.78, 5) is 27.4. The van der Waals surface area contributed by atoms with E-state index in [1.807, 2.05) is 6.92 Å². The average molecular weight is 522 g/mol. The Labute approximate surface area is 213 Å². The summed E-state index contributed by atoms with van der Waals surface area (Å²) in [6.07, 6.45) is 3.16. The van der Waals surface area contributed by atoms with Crippen LogP contribution in [0.5, 0.6) is 5.75 Å². The van der Waals surface area contributed by atoms with Crippen molar-refractivity contribution in [3.8, 4) is 5.75 Å². The highest BCUT2D eigenvalue weighted by Crippen LogP contribution is 2.22. The fourth-order valence-corrected chi connectivity index (χ4v) is 4.62. The molecule has 2 aromatic rings. The lowest BCUT2D eigenvalue weighted by Crippen LogP contribution is -2.48. The fourth-order valence-electron chi connectivity index (χ4n) is 3.66. The molecule has 0 aromatic heterocycles. The largest absolute Gasteiger partial charge is 0.497 e. The van der Waals surface area contributed by atoms with Gasteiger partial charge in [-0.1, -0.05) is 25.5 Å². The number of hydrogen-bond acceptors (Lipinski definition) is 5. The number of anilines is 1. The Hall–Kier alpha value is -3.14. The number of carbonyl (C=O) groups excluding carboxylic acids is 2. The number of methoxy groups -OCH3 is 1. The van der Waals surface area contributed by atoms with Crippen LogP contribution in [0.25, 0.3) is 0 Å². The number of ether oxygens (including phenoxy) is 1. The molecule has 10 heteroatoms. The lowest BCUT2D eigenvalue weighted by molar-refractivity contribution is -0.140. The van der Waals surface area contributed by atoms with E-state index >= 15 is 0 Å². The molecule has 198 valence electrons. The maximum atomic E-state index is 13.4. The molecule has 0 radical (unpaired) electrons. The van der Waals surface area contributed by atoms with E-state index in [0.29, 0.717) is 23.5 Å². The van der Waals surface area contributed by atoms with Crippen LogP contribution >= 0.6 is 0 Å². The van der Waals surface area contributed by atoms with Crippen LogP contribution in [0.4, 0.5) is 10.1 Å². The standard InChI is InChI=1S/C26H36FN3O5S/c1-5-6-17-28-26(32)20(2)29(19-21-9-11-22(27)12-10-21)25(31)8-7-18-30(36(4,33)34)23-13-15-24(35-3)16-14-23/h9-16,20H,5-8,17-19H2,1-4H3,(H,28,32). The maximum Gasteiger partial charge on any atom is 0.242 e. The van der Waals surface area contributed by atoms with Gasteiger partial charge in [0.05, 0.1) is 19.1 Å². The molecule has 2 amide bonds. The molecule has 2 rings (SSSR count). The van der Waals surface area contributed by atoms with Gasteiger partial charge in [-0.15, -0.1) is 0 Å². The first kappa shape index (κ1) is 29.1. The number of carbonyl (C=O) groups is 2. The Kier molecular flexibility index (Phi) is 11.2. The van der Waals surface area contributed by atoms with Crippen molar-refractivity contribution in [2.45, 2.75) is 52.1 Å². The molecular formula is C26H36FN3O5S.